The lowest BCUT2D eigenvalue weighted by atomic mass is 9.96. The molecule has 8 nitrogen and oxygen atoms in total. The van der Waals surface area contributed by atoms with Crippen molar-refractivity contribution in [2.24, 2.45) is 5.92 Å². The fraction of sp³-hybridized carbons (Fsp3) is 0.160. The van der Waals surface area contributed by atoms with Crippen LogP contribution in [0.3, 0.4) is 0 Å². The molecule has 0 bridgehead atoms. The zero-order valence-corrected chi connectivity index (χ0v) is 18.7. The van der Waals surface area contributed by atoms with E-state index in [1.807, 2.05) is 30.3 Å². The Kier molecular flexibility index (Phi) is 6.98. The lowest BCUT2D eigenvalue weighted by Crippen LogP contribution is -2.28. The van der Waals surface area contributed by atoms with E-state index < -0.39 is 23.9 Å². The van der Waals surface area contributed by atoms with E-state index in [0.29, 0.717) is 29.1 Å². The van der Waals surface area contributed by atoms with Gasteiger partial charge in [0.1, 0.15) is 19.0 Å². The fourth-order valence-corrected chi connectivity index (χ4v) is 3.78. The summed E-state index contributed by atoms with van der Waals surface area (Å²) in [6.45, 7) is 0.119. The number of fused-ring (bicyclic) bond motifs is 1. The quantitative estimate of drug-likeness (QED) is 0.458. The maximum absolute atomic E-state index is 12.9. The maximum atomic E-state index is 12.9. The summed E-state index contributed by atoms with van der Waals surface area (Å²) in [4.78, 5) is 36.3. The van der Waals surface area contributed by atoms with Gasteiger partial charge in [-0.05, 0) is 41.8 Å². The van der Waals surface area contributed by atoms with Gasteiger partial charge in [-0.15, -0.1) is 0 Å². The Morgan fingerprint density at radius 3 is 2.59 bits per heavy atom. The highest BCUT2D eigenvalue weighted by Gasteiger charge is 2.27. The molecule has 0 saturated heterocycles. The summed E-state index contributed by atoms with van der Waals surface area (Å²) in [6, 6.07) is 18.8. The highest BCUT2D eigenvalue weighted by molar-refractivity contribution is 6.31. The summed E-state index contributed by atoms with van der Waals surface area (Å²) in [5, 5.41) is 14.8. The number of benzene rings is 3. The highest BCUT2D eigenvalue weighted by atomic mass is 35.5. The van der Waals surface area contributed by atoms with Crippen LogP contribution in [0.1, 0.15) is 21.5 Å². The lowest BCUT2D eigenvalue weighted by molar-refractivity contribution is -0.143. The molecular weight excluding hydrogens is 460 g/mol. The number of carbonyl (C=O) groups is 3. The average molecular weight is 481 g/mol. The predicted octanol–water partition coefficient (Wildman–Crippen LogP) is 4.98. The molecule has 0 unspecified atom stereocenters. The molecule has 1 aliphatic heterocycles. The number of para-hydroxylation sites is 1. The van der Waals surface area contributed by atoms with Gasteiger partial charge >= 0.3 is 12.1 Å². The second-order valence-corrected chi connectivity index (χ2v) is 8.15. The lowest BCUT2D eigenvalue weighted by Gasteiger charge is -2.24. The van der Waals surface area contributed by atoms with Gasteiger partial charge in [-0.25, -0.2) is 4.79 Å². The Morgan fingerprint density at radius 2 is 1.82 bits per heavy atom. The molecule has 1 atom stereocenters. The van der Waals surface area contributed by atoms with E-state index in [1.54, 1.807) is 18.2 Å². The van der Waals surface area contributed by atoms with Crippen LogP contribution < -0.4 is 15.4 Å². The molecule has 0 spiro atoms. The summed E-state index contributed by atoms with van der Waals surface area (Å²) in [5.41, 5.74) is 2.47. The molecule has 0 aliphatic carbocycles. The van der Waals surface area contributed by atoms with Crippen molar-refractivity contribution in [2.45, 2.75) is 13.0 Å². The second kappa shape index (κ2) is 10.3. The van der Waals surface area contributed by atoms with Crippen molar-refractivity contribution in [1.82, 2.24) is 0 Å². The van der Waals surface area contributed by atoms with Crippen molar-refractivity contribution >= 4 is 40.9 Å². The maximum Gasteiger partial charge on any atom is 0.411 e. The van der Waals surface area contributed by atoms with Gasteiger partial charge in [0.15, 0.2) is 0 Å². The molecule has 3 N–H and O–H groups in total. The molecule has 4 rings (SSSR count). The molecule has 1 aliphatic rings. The normalized spacial score (nSPS) is 14.3. The third-order valence-corrected chi connectivity index (χ3v) is 5.43. The molecule has 0 aromatic heterocycles. The van der Waals surface area contributed by atoms with Gasteiger partial charge in [0.25, 0.3) is 5.91 Å². The minimum absolute atomic E-state index is 0.0194. The number of hydrogen-bond donors (Lipinski definition) is 3. The standard InChI is InChI=1S/C25H21ClN2O6/c26-19-10-17(11-20(12-19)27-25(32)34-13-15-5-2-1-3-6-15)23(29)28-21-8-4-7-16-9-18(24(30)31)14-33-22(16)21/h1-8,10-12,18H,9,13-14H2,(H,27,32)(H,28,29)(H,30,31)/t18-/m1/s1. The third-order valence-electron chi connectivity index (χ3n) is 5.21. The number of aliphatic carboxylic acids is 1. The molecule has 0 fully saturated rings. The fourth-order valence-electron chi connectivity index (χ4n) is 3.55. The number of hydrogen-bond acceptors (Lipinski definition) is 5. The van der Waals surface area contributed by atoms with Crippen LogP contribution in [0, 0.1) is 5.92 Å². The van der Waals surface area contributed by atoms with Gasteiger partial charge in [0.2, 0.25) is 0 Å². The van der Waals surface area contributed by atoms with Crippen LogP contribution in [0.25, 0.3) is 0 Å². The van der Waals surface area contributed by atoms with Crippen LogP contribution in [0.2, 0.25) is 5.02 Å². The number of nitrogens with one attached hydrogen (secondary N) is 2. The van der Waals surface area contributed by atoms with Crippen molar-refractivity contribution < 1.29 is 29.0 Å². The molecule has 0 radical (unpaired) electrons. The van der Waals surface area contributed by atoms with E-state index in [9.17, 15) is 19.5 Å². The summed E-state index contributed by atoms with van der Waals surface area (Å²) >= 11 is 6.16. The number of anilines is 2. The SMILES string of the molecule is O=C(Nc1cc(Cl)cc(C(=O)Nc2cccc3c2OC[C@H](C(=O)O)C3)c1)OCc1ccccc1. The Bertz CT molecular complexity index is 1230. The Morgan fingerprint density at radius 1 is 1.03 bits per heavy atom. The van der Waals surface area contributed by atoms with E-state index in [-0.39, 0.29) is 23.8 Å². The van der Waals surface area contributed by atoms with Gasteiger partial charge in [0.05, 0.1) is 11.6 Å². The summed E-state index contributed by atoms with van der Waals surface area (Å²) in [5.74, 6) is -1.60. The molecule has 0 saturated carbocycles. The van der Waals surface area contributed by atoms with Crippen molar-refractivity contribution in [3.63, 3.8) is 0 Å². The molecule has 3 aromatic carbocycles. The second-order valence-electron chi connectivity index (χ2n) is 7.71. The van der Waals surface area contributed by atoms with E-state index in [1.165, 1.54) is 18.2 Å². The molecule has 1 heterocycles. The zero-order valence-electron chi connectivity index (χ0n) is 17.9. The molecule has 34 heavy (non-hydrogen) atoms. The highest BCUT2D eigenvalue weighted by Crippen LogP contribution is 2.35. The minimum atomic E-state index is -0.929. The number of amides is 2. The van der Waals surface area contributed by atoms with Crippen LogP contribution in [0.5, 0.6) is 5.75 Å². The third kappa shape index (κ3) is 5.65. The molecule has 9 heteroatoms. The first-order valence-electron chi connectivity index (χ1n) is 10.5. The van der Waals surface area contributed by atoms with E-state index in [4.69, 9.17) is 21.1 Å². The first kappa shape index (κ1) is 23.1. The summed E-state index contributed by atoms with van der Waals surface area (Å²) in [7, 11) is 0. The first-order chi connectivity index (χ1) is 16.4. The van der Waals surface area contributed by atoms with E-state index in [2.05, 4.69) is 10.6 Å². The average Bonchev–Trinajstić information content (AvgIpc) is 2.83. The van der Waals surface area contributed by atoms with Crippen molar-refractivity contribution in [3.8, 4) is 5.75 Å². The Balaban J connectivity index is 1.44. The van der Waals surface area contributed by atoms with Crippen LogP contribution in [-0.4, -0.2) is 29.7 Å². The number of carbonyl (C=O) groups excluding carboxylic acids is 2. The predicted molar refractivity (Wildman–Crippen MR) is 126 cm³/mol. The molecular formula is C25H21ClN2O6. The number of halogens is 1. The van der Waals surface area contributed by atoms with Gasteiger partial charge < -0.3 is 19.9 Å². The van der Waals surface area contributed by atoms with Crippen molar-refractivity contribution in [2.75, 3.05) is 17.2 Å². The van der Waals surface area contributed by atoms with Gasteiger partial charge in [-0.3, -0.25) is 14.9 Å². The van der Waals surface area contributed by atoms with Gasteiger partial charge in [0, 0.05) is 16.3 Å². The summed E-state index contributed by atoms with van der Waals surface area (Å²) in [6.07, 6.45) is -0.374. The monoisotopic (exact) mass is 480 g/mol. The van der Waals surface area contributed by atoms with Crippen LogP contribution in [0.4, 0.5) is 16.2 Å². The van der Waals surface area contributed by atoms with Gasteiger partial charge in [-0.1, -0.05) is 54.1 Å². The van der Waals surface area contributed by atoms with E-state index >= 15 is 0 Å². The molecule has 174 valence electrons. The topological polar surface area (TPSA) is 114 Å². The first-order valence-corrected chi connectivity index (χ1v) is 10.8. The zero-order chi connectivity index (χ0) is 24.1. The van der Waals surface area contributed by atoms with E-state index in [0.717, 1.165) is 5.56 Å². The smallest absolute Gasteiger partial charge is 0.411 e. The number of rotatable bonds is 6. The van der Waals surface area contributed by atoms with Crippen LogP contribution >= 0.6 is 11.6 Å². The number of ether oxygens (including phenoxy) is 2. The summed E-state index contributed by atoms with van der Waals surface area (Å²) < 4.78 is 10.8. The van der Waals surface area contributed by atoms with Crippen LogP contribution in [-0.2, 0) is 22.6 Å². The Labute approximate surface area is 200 Å². The van der Waals surface area contributed by atoms with Crippen LogP contribution in [0.15, 0.2) is 66.7 Å². The number of carboxylic acid groups (broad SMARTS) is 1. The molecule has 3 aromatic rings. The minimum Gasteiger partial charge on any atom is -0.490 e. The Hall–Kier alpha value is -4.04. The number of carboxylic acids is 1. The molecule has 2 amide bonds. The largest absolute Gasteiger partial charge is 0.490 e. The van der Waals surface area contributed by atoms with Crippen molar-refractivity contribution in [3.05, 3.63) is 88.4 Å². The van der Waals surface area contributed by atoms with Crippen molar-refractivity contribution in [1.29, 1.82) is 0 Å². The van der Waals surface area contributed by atoms with Gasteiger partial charge in [-0.2, -0.15) is 0 Å².